The third-order valence-corrected chi connectivity index (χ3v) is 2.98. The molecule has 0 N–H and O–H groups in total. The maximum absolute atomic E-state index is 13.2. The average molecular weight is 192 g/mol. The number of Topliss-reactive ketones (excluding diaryl/α,β-unsaturated/α-hetero) is 1. The van der Waals surface area contributed by atoms with Crippen molar-refractivity contribution in [2.45, 2.75) is 26.7 Å². The quantitative estimate of drug-likeness (QED) is 0.658. The van der Waals surface area contributed by atoms with E-state index in [0.717, 1.165) is 12.8 Å². The van der Waals surface area contributed by atoms with E-state index in [0.29, 0.717) is 11.1 Å². The SMILES string of the molecule is Cc1ccc(C(=O)C2(C)CC2)cc1F. The van der Waals surface area contributed by atoms with Gasteiger partial charge in [0.1, 0.15) is 5.82 Å². The molecule has 0 amide bonds. The van der Waals surface area contributed by atoms with Gasteiger partial charge in [0.25, 0.3) is 0 Å². The molecule has 0 aromatic heterocycles. The highest BCUT2D eigenvalue weighted by Gasteiger charge is 2.44. The largest absolute Gasteiger partial charge is 0.294 e. The van der Waals surface area contributed by atoms with Crippen LogP contribution in [0.4, 0.5) is 4.39 Å². The van der Waals surface area contributed by atoms with E-state index in [1.165, 1.54) is 6.07 Å². The summed E-state index contributed by atoms with van der Waals surface area (Å²) in [6.45, 7) is 3.63. The highest BCUT2D eigenvalue weighted by atomic mass is 19.1. The van der Waals surface area contributed by atoms with E-state index in [-0.39, 0.29) is 17.0 Å². The van der Waals surface area contributed by atoms with Gasteiger partial charge in [-0.25, -0.2) is 4.39 Å². The van der Waals surface area contributed by atoms with Crippen molar-refractivity contribution < 1.29 is 9.18 Å². The van der Waals surface area contributed by atoms with Crippen LogP contribution < -0.4 is 0 Å². The maximum Gasteiger partial charge on any atom is 0.168 e. The Morgan fingerprint density at radius 3 is 2.57 bits per heavy atom. The molecule has 1 nitrogen and oxygen atoms in total. The fourth-order valence-electron chi connectivity index (χ4n) is 1.50. The Bertz CT molecular complexity index is 391. The third kappa shape index (κ3) is 1.45. The van der Waals surface area contributed by atoms with Crippen molar-refractivity contribution in [2.75, 3.05) is 0 Å². The first-order valence-electron chi connectivity index (χ1n) is 4.84. The monoisotopic (exact) mass is 192 g/mol. The van der Waals surface area contributed by atoms with Gasteiger partial charge in [0.05, 0.1) is 0 Å². The van der Waals surface area contributed by atoms with Crippen molar-refractivity contribution >= 4 is 5.78 Å². The molecule has 0 atom stereocenters. The van der Waals surface area contributed by atoms with E-state index < -0.39 is 0 Å². The molecule has 2 heteroatoms. The van der Waals surface area contributed by atoms with Crippen LogP contribution in [0.2, 0.25) is 0 Å². The van der Waals surface area contributed by atoms with Crippen LogP contribution in [0.5, 0.6) is 0 Å². The second-order valence-electron chi connectivity index (χ2n) is 4.35. The number of carbonyl (C=O) groups is 1. The number of halogens is 1. The van der Waals surface area contributed by atoms with Crippen molar-refractivity contribution in [3.63, 3.8) is 0 Å². The van der Waals surface area contributed by atoms with Crippen LogP contribution in [0.15, 0.2) is 18.2 Å². The van der Waals surface area contributed by atoms with Crippen molar-refractivity contribution in [3.8, 4) is 0 Å². The van der Waals surface area contributed by atoms with E-state index in [4.69, 9.17) is 0 Å². The zero-order chi connectivity index (χ0) is 10.3. The molecule has 0 bridgehead atoms. The summed E-state index contributed by atoms with van der Waals surface area (Å²) < 4.78 is 13.2. The van der Waals surface area contributed by atoms with Gasteiger partial charge < -0.3 is 0 Å². The second-order valence-corrected chi connectivity index (χ2v) is 4.35. The first-order chi connectivity index (χ1) is 6.53. The van der Waals surface area contributed by atoms with Crippen LogP contribution in [0.1, 0.15) is 35.7 Å². The number of benzene rings is 1. The molecule has 0 unspecified atom stereocenters. The van der Waals surface area contributed by atoms with Gasteiger partial charge in [-0.3, -0.25) is 4.79 Å². The Morgan fingerprint density at radius 2 is 2.07 bits per heavy atom. The lowest BCUT2D eigenvalue weighted by Crippen LogP contribution is -2.12. The number of ketones is 1. The van der Waals surface area contributed by atoms with E-state index in [2.05, 4.69) is 0 Å². The van der Waals surface area contributed by atoms with Gasteiger partial charge in [0.2, 0.25) is 0 Å². The molecule has 1 aliphatic rings. The van der Waals surface area contributed by atoms with Crippen LogP contribution in [0.3, 0.4) is 0 Å². The van der Waals surface area contributed by atoms with E-state index >= 15 is 0 Å². The summed E-state index contributed by atoms with van der Waals surface area (Å²) in [5.74, 6) is -0.212. The van der Waals surface area contributed by atoms with Crippen molar-refractivity contribution in [2.24, 2.45) is 5.41 Å². The van der Waals surface area contributed by atoms with Crippen LogP contribution in [0, 0.1) is 18.2 Å². The normalized spacial score (nSPS) is 17.9. The molecule has 1 aliphatic carbocycles. The zero-order valence-electron chi connectivity index (χ0n) is 8.43. The molecular weight excluding hydrogens is 179 g/mol. The predicted molar refractivity (Wildman–Crippen MR) is 52.8 cm³/mol. The smallest absolute Gasteiger partial charge is 0.168 e. The Labute approximate surface area is 82.9 Å². The topological polar surface area (TPSA) is 17.1 Å². The number of aryl methyl sites for hydroxylation is 1. The minimum absolute atomic E-state index is 0.0800. The lowest BCUT2D eigenvalue weighted by Gasteiger charge is -2.07. The summed E-state index contributed by atoms with van der Waals surface area (Å²) in [7, 11) is 0. The molecule has 74 valence electrons. The van der Waals surface area contributed by atoms with Crippen molar-refractivity contribution in [1.82, 2.24) is 0 Å². The molecule has 0 saturated heterocycles. The molecule has 1 aromatic rings. The summed E-state index contributed by atoms with van der Waals surface area (Å²) >= 11 is 0. The Hall–Kier alpha value is -1.18. The molecular formula is C12H13FO. The molecule has 0 heterocycles. The minimum atomic E-state index is -0.292. The molecule has 0 aliphatic heterocycles. The summed E-state index contributed by atoms with van der Waals surface area (Å²) in [5, 5.41) is 0. The molecule has 0 radical (unpaired) electrons. The molecule has 2 rings (SSSR count). The summed E-state index contributed by atoms with van der Waals surface area (Å²) in [6.07, 6.45) is 1.86. The van der Waals surface area contributed by atoms with E-state index in [1.54, 1.807) is 19.1 Å². The Morgan fingerprint density at radius 1 is 1.43 bits per heavy atom. The van der Waals surface area contributed by atoms with Gasteiger partial charge in [-0.2, -0.15) is 0 Å². The fraction of sp³-hybridized carbons (Fsp3) is 0.417. The van der Waals surface area contributed by atoms with Crippen LogP contribution >= 0.6 is 0 Å². The van der Waals surface area contributed by atoms with E-state index in [9.17, 15) is 9.18 Å². The van der Waals surface area contributed by atoms with Crippen molar-refractivity contribution in [1.29, 1.82) is 0 Å². The second kappa shape index (κ2) is 2.91. The maximum atomic E-state index is 13.2. The highest BCUT2D eigenvalue weighted by molar-refractivity contribution is 6.02. The Balaban J connectivity index is 2.33. The highest BCUT2D eigenvalue weighted by Crippen LogP contribution is 2.47. The van der Waals surface area contributed by atoms with Gasteiger partial charge in [0.15, 0.2) is 5.78 Å². The minimum Gasteiger partial charge on any atom is -0.294 e. The molecule has 1 saturated carbocycles. The fourth-order valence-corrected chi connectivity index (χ4v) is 1.50. The van der Waals surface area contributed by atoms with Gasteiger partial charge in [-0.05, 0) is 31.4 Å². The summed E-state index contributed by atoms with van der Waals surface area (Å²) in [4.78, 5) is 11.8. The summed E-state index contributed by atoms with van der Waals surface area (Å²) in [5.41, 5.74) is 0.886. The summed E-state index contributed by atoms with van der Waals surface area (Å²) in [6, 6.07) is 4.72. The lowest BCUT2D eigenvalue weighted by atomic mass is 9.96. The molecule has 1 aromatic carbocycles. The number of hydrogen-bond donors (Lipinski definition) is 0. The number of hydrogen-bond acceptors (Lipinski definition) is 1. The van der Waals surface area contributed by atoms with Gasteiger partial charge in [0, 0.05) is 11.0 Å². The van der Waals surface area contributed by atoms with Crippen LogP contribution in [-0.4, -0.2) is 5.78 Å². The molecule has 1 fully saturated rings. The van der Waals surface area contributed by atoms with Crippen LogP contribution in [0.25, 0.3) is 0 Å². The first-order valence-corrected chi connectivity index (χ1v) is 4.84. The first kappa shape index (κ1) is 9.38. The van der Waals surface area contributed by atoms with Crippen molar-refractivity contribution in [3.05, 3.63) is 35.1 Å². The van der Waals surface area contributed by atoms with Gasteiger partial charge >= 0.3 is 0 Å². The third-order valence-electron chi connectivity index (χ3n) is 2.98. The van der Waals surface area contributed by atoms with Crippen LogP contribution in [-0.2, 0) is 0 Å². The average Bonchev–Trinajstić information content (AvgIpc) is 2.89. The number of rotatable bonds is 2. The molecule has 0 spiro atoms. The standard InChI is InChI=1S/C12H13FO/c1-8-3-4-9(7-10(8)13)11(14)12(2)5-6-12/h3-4,7H,5-6H2,1-2H3. The van der Waals surface area contributed by atoms with Gasteiger partial charge in [-0.15, -0.1) is 0 Å². The lowest BCUT2D eigenvalue weighted by molar-refractivity contribution is 0.0912. The predicted octanol–water partition coefficient (Wildman–Crippen LogP) is 3.12. The zero-order valence-corrected chi connectivity index (χ0v) is 8.43. The van der Waals surface area contributed by atoms with Gasteiger partial charge in [-0.1, -0.05) is 19.1 Å². The molecule has 14 heavy (non-hydrogen) atoms. The van der Waals surface area contributed by atoms with E-state index in [1.807, 2.05) is 6.92 Å². The Kier molecular flexibility index (Phi) is 1.95. The number of carbonyl (C=O) groups excluding carboxylic acids is 1.